The van der Waals surface area contributed by atoms with Gasteiger partial charge in [-0.3, -0.25) is 4.79 Å². The summed E-state index contributed by atoms with van der Waals surface area (Å²) in [5, 5.41) is 9.37. The van der Waals surface area contributed by atoms with Crippen LogP contribution in [0.25, 0.3) is 0 Å². The summed E-state index contributed by atoms with van der Waals surface area (Å²) in [7, 11) is 0. The fourth-order valence-electron chi connectivity index (χ4n) is 2.94. The van der Waals surface area contributed by atoms with Crippen LogP contribution < -0.4 is 0 Å². The number of esters is 1. The molecule has 0 amide bonds. The van der Waals surface area contributed by atoms with Crippen LogP contribution in [0.15, 0.2) is 12.2 Å². The molecule has 3 aliphatic rings. The smallest absolute Gasteiger partial charge is 0.302 e. The minimum Gasteiger partial charge on any atom is -0.466 e. The van der Waals surface area contributed by atoms with Crippen LogP contribution in [0.4, 0.5) is 0 Å². The fraction of sp³-hybridized carbons (Fsp3) is 0.750. The quantitative estimate of drug-likeness (QED) is 0.565. The van der Waals surface area contributed by atoms with Crippen LogP contribution in [0.5, 0.6) is 0 Å². The Balaban J connectivity index is 2.02. The average molecular weight is 210 g/mol. The van der Waals surface area contributed by atoms with Crippen molar-refractivity contribution >= 4 is 5.97 Å². The maximum Gasteiger partial charge on any atom is 0.302 e. The molecule has 4 unspecified atom stereocenters. The number of ether oxygens (including phenoxy) is 1. The molecule has 4 atom stereocenters. The normalized spacial score (nSPS) is 38.0. The van der Waals surface area contributed by atoms with Crippen molar-refractivity contribution in [2.45, 2.75) is 19.8 Å². The highest BCUT2D eigenvalue weighted by molar-refractivity contribution is 5.65. The van der Waals surface area contributed by atoms with E-state index in [0.29, 0.717) is 24.4 Å². The molecule has 2 bridgehead atoms. The molecular weight excluding hydrogens is 192 g/mol. The number of carbonyl (C=O) groups is 1. The molecule has 15 heavy (non-hydrogen) atoms. The molecule has 3 rings (SSSR count). The van der Waals surface area contributed by atoms with Gasteiger partial charge in [0, 0.05) is 19.4 Å². The summed E-state index contributed by atoms with van der Waals surface area (Å²) in [6.07, 6.45) is 6.79. The van der Waals surface area contributed by atoms with Gasteiger partial charge in [-0.25, -0.2) is 0 Å². The molecule has 3 aliphatic carbocycles. The molecule has 0 aromatic carbocycles. The molecular formula is C12H18O3. The number of hydrogen-bond donors (Lipinski definition) is 1. The van der Waals surface area contributed by atoms with Gasteiger partial charge in [-0.2, -0.15) is 0 Å². The van der Waals surface area contributed by atoms with E-state index in [9.17, 15) is 9.90 Å². The van der Waals surface area contributed by atoms with Gasteiger partial charge in [0.05, 0.1) is 6.61 Å². The molecule has 0 aliphatic heterocycles. The topological polar surface area (TPSA) is 46.5 Å². The third kappa shape index (κ3) is 2.07. The van der Waals surface area contributed by atoms with Gasteiger partial charge in [-0.05, 0) is 30.6 Å². The third-order valence-electron chi connectivity index (χ3n) is 3.78. The molecule has 0 radical (unpaired) electrons. The van der Waals surface area contributed by atoms with Gasteiger partial charge >= 0.3 is 5.97 Å². The molecule has 3 heteroatoms. The summed E-state index contributed by atoms with van der Waals surface area (Å²) in [6, 6.07) is 0. The number of allylic oxidation sites excluding steroid dienone is 2. The van der Waals surface area contributed by atoms with Crippen molar-refractivity contribution in [2.24, 2.45) is 23.7 Å². The Kier molecular flexibility index (Phi) is 3.10. The largest absolute Gasteiger partial charge is 0.466 e. The Morgan fingerprint density at radius 2 is 1.93 bits per heavy atom. The fourth-order valence-corrected chi connectivity index (χ4v) is 2.94. The van der Waals surface area contributed by atoms with E-state index in [1.54, 1.807) is 0 Å². The summed E-state index contributed by atoms with van der Waals surface area (Å²) >= 11 is 0. The highest BCUT2D eigenvalue weighted by atomic mass is 16.5. The first-order chi connectivity index (χ1) is 7.22. The number of hydrogen-bond acceptors (Lipinski definition) is 3. The Labute approximate surface area is 90.1 Å². The van der Waals surface area contributed by atoms with Crippen LogP contribution in [0.3, 0.4) is 0 Å². The van der Waals surface area contributed by atoms with Crippen molar-refractivity contribution in [1.29, 1.82) is 0 Å². The van der Waals surface area contributed by atoms with Crippen molar-refractivity contribution in [1.82, 2.24) is 0 Å². The molecule has 1 fully saturated rings. The summed E-state index contributed by atoms with van der Waals surface area (Å²) < 4.78 is 5.08. The van der Waals surface area contributed by atoms with E-state index in [1.807, 2.05) is 0 Å². The Morgan fingerprint density at radius 3 is 2.40 bits per heavy atom. The number of aliphatic hydroxyl groups excluding tert-OH is 1. The van der Waals surface area contributed by atoms with Crippen molar-refractivity contribution in [2.75, 3.05) is 13.2 Å². The lowest BCUT2D eigenvalue weighted by Gasteiger charge is -2.43. The van der Waals surface area contributed by atoms with Gasteiger partial charge in [0.2, 0.25) is 0 Å². The first-order valence-corrected chi connectivity index (χ1v) is 5.65. The van der Waals surface area contributed by atoms with Crippen molar-refractivity contribution in [3.63, 3.8) is 0 Å². The summed E-state index contributed by atoms with van der Waals surface area (Å²) in [4.78, 5) is 10.8. The van der Waals surface area contributed by atoms with E-state index in [-0.39, 0.29) is 18.5 Å². The number of rotatable bonds is 3. The van der Waals surface area contributed by atoms with Crippen LogP contribution in [0.1, 0.15) is 19.8 Å². The Hall–Kier alpha value is -0.830. The van der Waals surface area contributed by atoms with Crippen LogP contribution in [-0.2, 0) is 9.53 Å². The van der Waals surface area contributed by atoms with Crippen molar-refractivity contribution < 1.29 is 14.6 Å². The van der Waals surface area contributed by atoms with E-state index in [0.717, 1.165) is 0 Å². The van der Waals surface area contributed by atoms with E-state index in [1.165, 1.54) is 19.8 Å². The van der Waals surface area contributed by atoms with Crippen LogP contribution in [0, 0.1) is 23.7 Å². The van der Waals surface area contributed by atoms with Gasteiger partial charge < -0.3 is 9.84 Å². The van der Waals surface area contributed by atoms with Crippen LogP contribution in [-0.4, -0.2) is 24.3 Å². The molecule has 0 aromatic rings. The maximum absolute atomic E-state index is 10.8. The zero-order valence-corrected chi connectivity index (χ0v) is 9.06. The number of carbonyl (C=O) groups excluding carboxylic acids is 1. The summed E-state index contributed by atoms with van der Waals surface area (Å²) in [5.41, 5.74) is 0. The van der Waals surface area contributed by atoms with Gasteiger partial charge in [-0.15, -0.1) is 0 Å². The first-order valence-electron chi connectivity index (χ1n) is 5.65. The number of fused-ring (bicyclic) bond motifs is 2. The predicted octanol–water partition coefficient (Wildman–Crippen LogP) is 1.37. The molecule has 0 spiro atoms. The molecule has 0 aromatic heterocycles. The average Bonchev–Trinajstić information content (AvgIpc) is 2.27. The molecule has 3 nitrogen and oxygen atoms in total. The lowest BCUT2D eigenvalue weighted by Crippen LogP contribution is -2.41. The summed E-state index contributed by atoms with van der Waals surface area (Å²) in [5.74, 6) is 1.36. The third-order valence-corrected chi connectivity index (χ3v) is 3.78. The molecule has 1 saturated carbocycles. The van der Waals surface area contributed by atoms with Gasteiger partial charge in [0.25, 0.3) is 0 Å². The molecule has 0 saturated heterocycles. The first kappa shape index (κ1) is 10.7. The second-order valence-electron chi connectivity index (χ2n) is 4.60. The van der Waals surface area contributed by atoms with Gasteiger partial charge in [0.1, 0.15) is 0 Å². The molecule has 1 N–H and O–H groups in total. The van der Waals surface area contributed by atoms with E-state index < -0.39 is 0 Å². The van der Waals surface area contributed by atoms with E-state index in [2.05, 4.69) is 12.2 Å². The monoisotopic (exact) mass is 210 g/mol. The van der Waals surface area contributed by atoms with Crippen molar-refractivity contribution in [3.8, 4) is 0 Å². The SMILES string of the molecule is CC(=O)OCC1C2C=CC(CC2)C1CO. The molecule has 0 heterocycles. The van der Waals surface area contributed by atoms with E-state index >= 15 is 0 Å². The zero-order valence-electron chi connectivity index (χ0n) is 9.06. The van der Waals surface area contributed by atoms with Crippen LogP contribution in [0.2, 0.25) is 0 Å². The lowest BCUT2D eigenvalue weighted by atomic mass is 9.63. The van der Waals surface area contributed by atoms with Crippen LogP contribution >= 0.6 is 0 Å². The van der Waals surface area contributed by atoms with E-state index in [4.69, 9.17) is 4.74 Å². The standard InChI is InChI=1S/C12H18O3/c1-8(14)15-7-12-10-4-2-9(3-5-10)11(12)6-13/h2,4,9-13H,3,5-7H2,1H3. The minimum absolute atomic E-state index is 0.206. The second-order valence-corrected chi connectivity index (χ2v) is 4.60. The molecule has 84 valence electrons. The van der Waals surface area contributed by atoms with Crippen molar-refractivity contribution in [3.05, 3.63) is 12.2 Å². The lowest BCUT2D eigenvalue weighted by molar-refractivity contribution is -0.144. The van der Waals surface area contributed by atoms with Gasteiger partial charge in [0.15, 0.2) is 0 Å². The highest BCUT2D eigenvalue weighted by Gasteiger charge is 2.40. The summed E-state index contributed by atoms with van der Waals surface area (Å²) in [6.45, 7) is 2.11. The number of aliphatic hydroxyl groups is 1. The Bertz CT molecular complexity index is 272. The second kappa shape index (κ2) is 4.35. The Morgan fingerprint density at radius 1 is 1.33 bits per heavy atom. The maximum atomic E-state index is 10.8. The predicted molar refractivity (Wildman–Crippen MR) is 56.1 cm³/mol. The highest BCUT2D eigenvalue weighted by Crippen LogP contribution is 2.44. The zero-order chi connectivity index (χ0) is 10.8. The minimum atomic E-state index is -0.225. The van der Waals surface area contributed by atoms with Gasteiger partial charge in [-0.1, -0.05) is 12.2 Å².